The Balaban J connectivity index is 2.85. The third-order valence-electron chi connectivity index (χ3n) is 3.17. The quantitative estimate of drug-likeness (QED) is 0.842. The molecule has 17 heavy (non-hydrogen) atoms. The second kappa shape index (κ2) is 6.87. The molecule has 1 atom stereocenters. The lowest BCUT2D eigenvalue weighted by Gasteiger charge is -2.22. The van der Waals surface area contributed by atoms with Crippen LogP contribution < -0.4 is 10.6 Å². The third-order valence-corrected chi connectivity index (χ3v) is 3.52. The van der Waals surface area contributed by atoms with E-state index in [0.29, 0.717) is 0 Å². The minimum Gasteiger partial charge on any atom is -0.372 e. The molecule has 0 aliphatic heterocycles. The van der Waals surface area contributed by atoms with Crippen LogP contribution in [0.2, 0.25) is 5.02 Å². The molecule has 1 unspecified atom stereocenters. The van der Waals surface area contributed by atoms with Crippen LogP contribution in [0.4, 0.5) is 5.69 Å². The molecular formula is C14H23ClN2. The number of anilines is 1. The standard InChI is InChI=1S/C14H23ClN2/c1-4-12(16)9-11-7-8-13(10-14(11)15)17(5-2)6-3/h7-8,10,12H,4-6,9,16H2,1-3H3. The lowest BCUT2D eigenvalue weighted by Crippen LogP contribution is -2.23. The van der Waals surface area contributed by atoms with Crippen LogP contribution in [0.1, 0.15) is 32.8 Å². The Bertz CT molecular complexity index is 348. The lowest BCUT2D eigenvalue weighted by molar-refractivity contribution is 0.646. The van der Waals surface area contributed by atoms with Crippen LogP contribution >= 0.6 is 11.6 Å². The summed E-state index contributed by atoms with van der Waals surface area (Å²) in [6.45, 7) is 8.40. The van der Waals surface area contributed by atoms with Crippen LogP contribution in [0.15, 0.2) is 18.2 Å². The van der Waals surface area contributed by atoms with Crippen LogP contribution in [0.25, 0.3) is 0 Å². The molecule has 96 valence electrons. The van der Waals surface area contributed by atoms with Gasteiger partial charge in [0, 0.05) is 29.8 Å². The van der Waals surface area contributed by atoms with E-state index < -0.39 is 0 Å². The van der Waals surface area contributed by atoms with E-state index >= 15 is 0 Å². The van der Waals surface area contributed by atoms with E-state index in [0.717, 1.165) is 36.5 Å². The van der Waals surface area contributed by atoms with Crippen molar-refractivity contribution in [3.05, 3.63) is 28.8 Å². The van der Waals surface area contributed by atoms with Crippen LogP contribution in [0, 0.1) is 0 Å². The summed E-state index contributed by atoms with van der Waals surface area (Å²) in [7, 11) is 0. The summed E-state index contributed by atoms with van der Waals surface area (Å²) in [5.41, 5.74) is 8.29. The molecule has 0 aliphatic carbocycles. The number of hydrogen-bond donors (Lipinski definition) is 1. The van der Waals surface area contributed by atoms with E-state index in [1.165, 1.54) is 5.69 Å². The molecule has 2 N–H and O–H groups in total. The lowest BCUT2D eigenvalue weighted by atomic mass is 10.0. The van der Waals surface area contributed by atoms with Crippen molar-refractivity contribution in [2.24, 2.45) is 5.73 Å². The fourth-order valence-corrected chi connectivity index (χ4v) is 2.17. The molecule has 0 fully saturated rings. The highest BCUT2D eigenvalue weighted by molar-refractivity contribution is 6.31. The zero-order valence-electron chi connectivity index (χ0n) is 11.0. The first-order valence-electron chi connectivity index (χ1n) is 6.41. The largest absolute Gasteiger partial charge is 0.372 e. The maximum Gasteiger partial charge on any atom is 0.0459 e. The smallest absolute Gasteiger partial charge is 0.0459 e. The normalized spacial score (nSPS) is 12.5. The number of benzene rings is 1. The van der Waals surface area contributed by atoms with Gasteiger partial charge in [0.1, 0.15) is 0 Å². The van der Waals surface area contributed by atoms with Gasteiger partial charge in [-0.1, -0.05) is 24.6 Å². The van der Waals surface area contributed by atoms with Gasteiger partial charge < -0.3 is 10.6 Å². The van der Waals surface area contributed by atoms with Gasteiger partial charge in [0.15, 0.2) is 0 Å². The average Bonchev–Trinajstić information content (AvgIpc) is 2.33. The fourth-order valence-electron chi connectivity index (χ4n) is 1.91. The number of nitrogens with zero attached hydrogens (tertiary/aromatic N) is 1. The number of rotatable bonds is 6. The van der Waals surface area contributed by atoms with Gasteiger partial charge in [0.05, 0.1) is 0 Å². The zero-order chi connectivity index (χ0) is 12.8. The molecule has 0 amide bonds. The van der Waals surface area contributed by atoms with Crippen LogP contribution in [-0.4, -0.2) is 19.1 Å². The maximum atomic E-state index is 6.31. The molecule has 0 aliphatic rings. The van der Waals surface area contributed by atoms with E-state index in [1.54, 1.807) is 0 Å². The molecule has 1 aromatic rings. The third kappa shape index (κ3) is 3.90. The van der Waals surface area contributed by atoms with Crippen LogP contribution in [0.5, 0.6) is 0 Å². The van der Waals surface area contributed by atoms with Crippen molar-refractivity contribution in [3.8, 4) is 0 Å². The summed E-state index contributed by atoms with van der Waals surface area (Å²) >= 11 is 6.31. The summed E-state index contributed by atoms with van der Waals surface area (Å²) in [5.74, 6) is 0. The van der Waals surface area contributed by atoms with Crippen molar-refractivity contribution in [3.63, 3.8) is 0 Å². The highest BCUT2D eigenvalue weighted by Crippen LogP contribution is 2.24. The van der Waals surface area contributed by atoms with Crippen molar-refractivity contribution < 1.29 is 0 Å². The molecule has 2 nitrogen and oxygen atoms in total. The molecule has 0 saturated heterocycles. The van der Waals surface area contributed by atoms with Gasteiger partial charge in [-0.3, -0.25) is 0 Å². The van der Waals surface area contributed by atoms with Crippen molar-refractivity contribution in [2.45, 2.75) is 39.7 Å². The molecule has 1 rings (SSSR count). The first-order valence-corrected chi connectivity index (χ1v) is 6.79. The van der Waals surface area contributed by atoms with E-state index in [4.69, 9.17) is 17.3 Å². The molecular weight excluding hydrogens is 232 g/mol. The Morgan fingerprint density at radius 3 is 2.35 bits per heavy atom. The molecule has 0 heterocycles. The zero-order valence-corrected chi connectivity index (χ0v) is 11.8. The van der Waals surface area contributed by atoms with Gasteiger partial charge >= 0.3 is 0 Å². The Morgan fingerprint density at radius 2 is 1.88 bits per heavy atom. The summed E-state index contributed by atoms with van der Waals surface area (Å²) in [6.07, 6.45) is 1.84. The fraction of sp³-hybridized carbons (Fsp3) is 0.571. The minimum absolute atomic E-state index is 0.201. The van der Waals surface area contributed by atoms with Crippen molar-refractivity contribution in [2.75, 3.05) is 18.0 Å². The average molecular weight is 255 g/mol. The van der Waals surface area contributed by atoms with Gasteiger partial charge in [-0.2, -0.15) is 0 Å². The molecule has 0 spiro atoms. The number of halogens is 1. The van der Waals surface area contributed by atoms with Gasteiger partial charge in [0.2, 0.25) is 0 Å². The highest BCUT2D eigenvalue weighted by Gasteiger charge is 2.08. The SMILES string of the molecule is CCC(N)Cc1ccc(N(CC)CC)cc1Cl. The predicted molar refractivity (Wildman–Crippen MR) is 77.0 cm³/mol. The monoisotopic (exact) mass is 254 g/mol. The summed E-state index contributed by atoms with van der Waals surface area (Å²) in [5, 5.41) is 0.832. The van der Waals surface area contributed by atoms with Gasteiger partial charge in [0.25, 0.3) is 0 Å². The molecule has 0 saturated carbocycles. The van der Waals surface area contributed by atoms with Crippen LogP contribution in [0.3, 0.4) is 0 Å². The summed E-state index contributed by atoms with van der Waals surface area (Å²) in [4.78, 5) is 2.29. The molecule has 0 radical (unpaired) electrons. The van der Waals surface area contributed by atoms with E-state index in [1.807, 2.05) is 6.07 Å². The first-order chi connectivity index (χ1) is 8.12. The van der Waals surface area contributed by atoms with Crippen molar-refractivity contribution >= 4 is 17.3 Å². The van der Waals surface area contributed by atoms with E-state index in [2.05, 4.69) is 37.8 Å². The summed E-state index contributed by atoms with van der Waals surface area (Å²) in [6, 6.07) is 6.49. The molecule has 0 bridgehead atoms. The molecule has 0 aromatic heterocycles. The minimum atomic E-state index is 0.201. The second-order valence-electron chi connectivity index (χ2n) is 4.32. The Hall–Kier alpha value is -0.730. The molecule has 3 heteroatoms. The topological polar surface area (TPSA) is 29.3 Å². The van der Waals surface area contributed by atoms with Crippen molar-refractivity contribution in [1.29, 1.82) is 0 Å². The summed E-state index contributed by atoms with van der Waals surface area (Å²) < 4.78 is 0. The Kier molecular flexibility index (Phi) is 5.79. The highest BCUT2D eigenvalue weighted by atomic mass is 35.5. The van der Waals surface area contributed by atoms with Gasteiger partial charge in [-0.05, 0) is 44.4 Å². The predicted octanol–water partition coefficient (Wildman–Crippen LogP) is 3.47. The van der Waals surface area contributed by atoms with Gasteiger partial charge in [-0.15, -0.1) is 0 Å². The first kappa shape index (κ1) is 14.3. The Morgan fingerprint density at radius 1 is 1.24 bits per heavy atom. The van der Waals surface area contributed by atoms with Crippen LogP contribution in [-0.2, 0) is 6.42 Å². The van der Waals surface area contributed by atoms with Gasteiger partial charge in [-0.25, -0.2) is 0 Å². The second-order valence-corrected chi connectivity index (χ2v) is 4.73. The van der Waals surface area contributed by atoms with E-state index in [9.17, 15) is 0 Å². The molecule has 1 aromatic carbocycles. The number of nitrogens with two attached hydrogens (primary N) is 1. The Labute approximate surface area is 110 Å². The maximum absolute atomic E-state index is 6.31. The van der Waals surface area contributed by atoms with Crippen molar-refractivity contribution in [1.82, 2.24) is 0 Å². The number of hydrogen-bond acceptors (Lipinski definition) is 2. The van der Waals surface area contributed by atoms with E-state index in [-0.39, 0.29) is 6.04 Å².